The smallest absolute Gasteiger partial charge is 0.130 e. The van der Waals surface area contributed by atoms with Gasteiger partial charge in [0.15, 0.2) is 0 Å². The van der Waals surface area contributed by atoms with Crippen LogP contribution in [-0.2, 0) is 0 Å². The van der Waals surface area contributed by atoms with E-state index in [2.05, 4.69) is 42.1 Å². The van der Waals surface area contributed by atoms with E-state index in [1.165, 1.54) is 24.0 Å². The van der Waals surface area contributed by atoms with E-state index >= 15 is 0 Å². The zero-order chi connectivity index (χ0) is 16.1. The van der Waals surface area contributed by atoms with Crippen molar-refractivity contribution in [2.45, 2.75) is 45.2 Å². The van der Waals surface area contributed by atoms with Crippen molar-refractivity contribution in [1.29, 1.82) is 0 Å². The molecule has 1 fully saturated rings. The zero-order valence-electron chi connectivity index (χ0n) is 14.4. The Hall–Kier alpha value is -1.87. The number of fused-ring (bicyclic) bond motifs is 3. The van der Waals surface area contributed by atoms with Gasteiger partial charge in [-0.3, -0.25) is 9.88 Å². The summed E-state index contributed by atoms with van der Waals surface area (Å²) in [6.07, 6.45) is 3.78. The zero-order valence-corrected chi connectivity index (χ0v) is 14.4. The summed E-state index contributed by atoms with van der Waals surface area (Å²) in [4.78, 5) is 7.20. The molecule has 0 saturated carbocycles. The average Bonchev–Trinajstić information content (AvgIpc) is 2.81. The van der Waals surface area contributed by atoms with Gasteiger partial charge >= 0.3 is 0 Å². The molecule has 2 bridgehead atoms. The maximum absolute atomic E-state index is 5.58. The first-order chi connectivity index (χ1) is 11.1. The molecule has 23 heavy (non-hydrogen) atoms. The molecule has 4 rings (SSSR count). The van der Waals surface area contributed by atoms with Crippen LogP contribution in [0.15, 0.2) is 29.8 Å². The second kappa shape index (κ2) is 5.34. The molecule has 120 valence electrons. The van der Waals surface area contributed by atoms with Crippen molar-refractivity contribution in [2.24, 2.45) is 0 Å². The van der Waals surface area contributed by atoms with Crippen molar-refractivity contribution in [2.75, 3.05) is 14.2 Å². The minimum atomic E-state index is 0.623. The van der Waals surface area contributed by atoms with E-state index in [4.69, 9.17) is 4.74 Å². The van der Waals surface area contributed by atoms with Gasteiger partial charge in [-0.2, -0.15) is 0 Å². The quantitative estimate of drug-likeness (QED) is 0.831. The highest BCUT2D eigenvalue weighted by molar-refractivity contribution is 5.89. The lowest BCUT2D eigenvalue weighted by atomic mass is 9.89. The van der Waals surface area contributed by atoms with Crippen LogP contribution in [-0.4, -0.2) is 36.1 Å². The van der Waals surface area contributed by atoms with Gasteiger partial charge in [-0.15, -0.1) is 0 Å². The molecule has 2 atom stereocenters. The predicted octanol–water partition coefficient (Wildman–Crippen LogP) is 4.19. The summed E-state index contributed by atoms with van der Waals surface area (Å²) in [5.41, 5.74) is 6.42. The maximum Gasteiger partial charge on any atom is 0.130 e. The first kappa shape index (κ1) is 14.7. The molecule has 2 aliphatic heterocycles. The topological polar surface area (TPSA) is 25.4 Å². The van der Waals surface area contributed by atoms with Crippen molar-refractivity contribution in [3.05, 3.63) is 41.1 Å². The molecular formula is C20H24N2O. The number of nitrogens with zero attached hydrogens (tertiary/aromatic N) is 2. The molecule has 1 saturated heterocycles. The number of benzene rings is 1. The first-order valence-corrected chi connectivity index (χ1v) is 8.46. The van der Waals surface area contributed by atoms with Crippen LogP contribution < -0.4 is 4.74 Å². The summed E-state index contributed by atoms with van der Waals surface area (Å²) in [6.45, 7) is 4.32. The molecule has 1 unspecified atom stereocenters. The summed E-state index contributed by atoms with van der Waals surface area (Å²) in [5, 5.41) is 1.11. The van der Waals surface area contributed by atoms with E-state index in [0.29, 0.717) is 12.1 Å². The van der Waals surface area contributed by atoms with E-state index in [1.807, 2.05) is 13.0 Å². The van der Waals surface area contributed by atoms with Gasteiger partial charge in [-0.1, -0.05) is 11.6 Å². The summed E-state index contributed by atoms with van der Waals surface area (Å²) in [7, 11) is 4.01. The number of rotatable bonds is 2. The molecule has 0 radical (unpaired) electrons. The molecule has 1 aromatic heterocycles. The lowest BCUT2D eigenvalue weighted by Crippen LogP contribution is -2.37. The monoisotopic (exact) mass is 308 g/mol. The SMILES string of the molecule is COc1cc(C)nc2ccc(C3=C(C)[C@@H]4CCC(C3)N4C)cc12. The lowest BCUT2D eigenvalue weighted by molar-refractivity contribution is 0.255. The second-order valence-electron chi connectivity index (χ2n) is 6.98. The summed E-state index contributed by atoms with van der Waals surface area (Å²) in [5.74, 6) is 0.920. The number of aromatic nitrogens is 1. The second-order valence-corrected chi connectivity index (χ2v) is 6.98. The van der Waals surface area contributed by atoms with Crippen LogP contribution in [0.2, 0.25) is 0 Å². The maximum atomic E-state index is 5.58. The number of hydrogen-bond donors (Lipinski definition) is 0. The Balaban J connectivity index is 1.85. The Morgan fingerprint density at radius 2 is 2.00 bits per heavy atom. The third-order valence-corrected chi connectivity index (χ3v) is 5.72. The summed E-state index contributed by atoms with van der Waals surface area (Å²) < 4.78 is 5.58. The number of methoxy groups -OCH3 is 1. The number of likely N-dealkylation sites (N-methyl/N-ethyl adjacent to an activating group) is 1. The molecule has 3 heterocycles. The van der Waals surface area contributed by atoms with Crippen molar-refractivity contribution in [3.8, 4) is 5.75 Å². The number of pyridine rings is 1. The van der Waals surface area contributed by atoms with Crippen LogP contribution in [0.4, 0.5) is 0 Å². The minimum Gasteiger partial charge on any atom is -0.496 e. The van der Waals surface area contributed by atoms with E-state index in [0.717, 1.165) is 28.8 Å². The molecule has 0 N–H and O–H groups in total. The highest BCUT2D eigenvalue weighted by Crippen LogP contribution is 2.42. The van der Waals surface area contributed by atoms with E-state index in [-0.39, 0.29) is 0 Å². The standard InChI is InChI=1S/C20H24N2O/c1-12-9-20(23-4)17-10-14(5-7-18(17)21-12)16-11-15-6-8-19(13(16)2)22(15)3/h5,7,9-10,15,19H,6,8,11H2,1-4H3/t15?,19-/m0/s1. The third kappa shape index (κ3) is 2.26. The summed E-state index contributed by atoms with van der Waals surface area (Å²) in [6, 6.07) is 9.99. The average molecular weight is 308 g/mol. The lowest BCUT2D eigenvalue weighted by Gasteiger charge is -2.34. The third-order valence-electron chi connectivity index (χ3n) is 5.72. The Labute approximate surface area is 138 Å². The van der Waals surface area contributed by atoms with Gasteiger partial charge in [0.05, 0.1) is 12.6 Å². The Morgan fingerprint density at radius 3 is 2.78 bits per heavy atom. The molecule has 0 aliphatic carbocycles. The van der Waals surface area contributed by atoms with Gasteiger partial charge < -0.3 is 4.74 Å². The van der Waals surface area contributed by atoms with Crippen molar-refractivity contribution in [3.63, 3.8) is 0 Å². The molecular weight excluding hydrogens is 284 g/mol. The van der Waals surface area contributed by atoms with Crippen LogP contribution in [0.5, 0.6) is 5.75 Å². The fourth-order valence-electron chi connectivity index (χ4n) is 4.40. The van der Waals surface area contributed by atoms with E-state index in [1.54, 1.807) is 12.7 Å². The molecule has 2 aromatic rings. The van der Waals surface area contributed by atoms with E-state index < -0.39 is 0 Å². The minimum absolute atomic E-state index is 0.623. The van der Waals surface area contributed by atoms with Gasteiger partial charge in [-0.05, 0) is 63.4 Å². The van der Waals surface area contributed by atoms with Crippen molar-refractivity contribution in [1.82, 2.24) is 9.88 Å². The Kier molecular flexibility index (Phi) is 3.42. The fraction of sp³-hybridized carbons (Fsp3) is 0.450. The van der Waals surface area contributed by atoms with Crippen molar-refractivity contribution >= 4 is 16.5 Å². The predicted molar refractivity (Wildman–Crippen MR) is 94.8 cm³/mol. The van der Waals surface area contributed by atoms with Gasteiger partial charge in [-0.25, -0.2) is 0 Å². The van der Waals surface area contributed by atoms with Gasteiger partial charge in [0, 0.05) is 29.2 Å². The van der Waals surface area contributed by atoms with Crippen LogP contribution in [0.25, 0.3) is 16.5 Å². The van der Waals surface area contributed by atoms with Gasteiger partial charge in [0.2, 0.25) is 0 Å². The Morgan fingerprint density at radius 1 is 1.17 bits per heavy atom. The molecule has 2 aliphatic rings. The van der Waals surface area contributed by atoms with Gasteiger partial charge in [0.25, 0.3) is 0 Å². The van der Waals surface area contributed by atoms with Crippen LogP contribution in [0, 0.1) is 6.92 Å². The van der Waals surface area contributed by atoms with Gasteiger partial charge in [0.1, 0.15) is 5.75 Å². The molecule has 0 spiro atoms. The first-order valence-electron chi connectivity index (χ1n) is 8.46. The number of ether oxygens (including phenoxy) is 1. The normalized spacial score (nSPS) is 24.5. The largest absolute Gasteiger partial charge is 0.496 e. The summed E-state index contributed by atoms with van der Waals surface area (Å²) >= 11 is 0. The van der Waals surface area contributed by atoms with Crippen molar-refractivity contribution < 1.29 is 4.74 Å². The molecule has 3 heteroatoms. The number of aryl methyl sites for hydroxylation is 1. The molecule has 0 amide bonds. The fourth-order valence-corrected chi connectivity index (χ4v) is 4.40. The highest BCUT2D eigenvalue weighted by Gasteiger charge is 2.37. The highest BCUT2D eigenvalue weighted by atomic mass is 16.5. The molecule has 3 nitrogen and oxygen atoms in total. The van der Waals surface area contributed by atoms with Crippen LogP contribution >= 0.6 is 0 Å². The molecule has 1 aromatic carbocycles. The van der Waals surface area contributed by atoms with E-state index in [9.17, 15) is 0 Å². The van der Waals surface area contributed by atoms with Crippen LogP contribution in [0.1, 0.15) is 37.4 Å². The number of hydrogen-bond acceptors (Lipinski definition) is 3. The van der Waals surface area contributed by atoms with Crippen LogP contribution in [0.3, 0.4) is 0 Å². The Bertz CT molecular complexity index is 809.